The maximum absolute atomic E-state index is 12.5. The van der Waals surface area contributed by atoms with Gasteiger partial charge in [0.05, 0.1) is 13.2 Å². The summed E-state index contributed by atoms with van der Waals surface area (Å²) in [5.74, 6) is 0.855. The van der Waals surface area contributed by atoms with E-state index in [1.165, 1.54) is 11.1 Å². The maximum atomic E-state index is 12.5. The Balaban J connectivity index is 1.42. The Kier molecular flexibility index (Phi) is 7.67. The number of likely N-dealkylation sites (N-methyl/N-ethyl adjacent to an activating group) is 1. The highest BCUT2D eigenvalue weighted by Gasteiger charge is 2.19. The van der Waals surface area contributed by atoms with Crippen LogP contribution in [-0.2, 0) is 24.1 Å². The van der Waals surface area contributed by atoms with Crippen molar-refractivity contribution < 1.29 is 14.6 Å². The summed E-state index contributed by atoms with van der Waals surface area (Å²) in [6.45, 7) is 2.85. The summed E-state index contributed by atoms with van der Waals surface area (Å²) in [5, 5.41) is 10.5. The number of amides is 1. The number of fused-ring (bicyclic) bond motifs is 1. The molecule has 0 saturated carbocycles. The molecule has 5 nitrogen and oxygen atoms in total. The minimum atomic E-state index is -0.540. The highest BCUT2D eigenvalue weighted by atomic mass is 16.5. The van der Waals surface area contributed by atoms with Gasteiger partial charge in [0.2, 0.25) is 5.91 Å². The van der Waals surface area contributed by atoms with Gasteiger partial charge in [0.15, 0.2) is 0 Å². The van der Waals surface area contributed by atoms with Gasteiger partial charge < -0.3 is 19.6 Å². The van der Waals surface area contributed by atoms with E-state index in [4.69, 9.17) is 4.74 Å². The number of carbonyl (C=O) groups excluding carboxylic acids is 1. The van der Waals surface area contributed by atoms with Crippen molar-refractivity contribution in [2.75, 3.05) is 40.3 Å². The van der Waals surface area contributed by atoms with Gasteiger partial charge >= 0.3 is 0 Å². The number of hydrogen-bond donors (Lipinski definition) is 1. The quantitative estimate of drug-likeness (QED) is 0.745. The number of aryl methyl sites for hydroxylation is 1. The lowest BCUT2D eigenvalue weighted by atomic mass is 10.0. The van der Waals surface area contributed by atoms with Gasteiger partial charge in [-0.2, -0.15) is 0 Å². The molecule has 2 aromatic rings. The molecule has 0 radical (unpaired) electrons. The number of carbonyl (C=O) groups is 1. The van der Waals surface area contributed by atoms with Gasteiger partial charge in [-0.15, -0.1) is 0 Å². The molecule has 1 aliphatic rings. The summed E-state index contributed by atoms with van der Waals surface area (Å²) >= 11 is 0. The lowest BCUT2D eigenvalue weighted by Crippen LogP contribution is -2.42. The summed E-state index contributed by atoms with van der Waals surface area (Å²) in [5.41, 5.74) is 3.90. The second kappa shape index (κ2) is 10.4. The van der Waals surface area contributed by atoms with Gasteiger partial charge in [-0.05, 0) is 48.1 Å². The SMILES string of the molecule is COc1cccc(CCC(=O)N(C)C[C@H](O)CN2CCc3ccccc3CC2)c1. The average Bonchev–Trinajstić information content (AvgIpc) is 2.94. The number of β-amino-alcohol motifs (C(OH)–C–C–N with tert-alkyl or cyclic N) is 1. The first-order chi connectivity index (χ1) is 14.0. The number of aliphatic hydroxyl groups is 1. The molecule has 0 aliphatic carbocycles. The van der Waals surface area contributed by atoms with Crippen LogP contribution in [0.2, 0.25) is 0 Å². The second-order valence-electron chi connectivity index (χ2n) is 7.85. The van der Waals surface area contributed by atoms with E-state index in [-0.39, 0.29) is 5.91 Å². The number of benzene rings is 2. The Hall–Kier alpha value is -2.37. The van der Waals surface area contributed by atoms with Crippen molar-refractivity contribution in [2.24, 2.45) is 0 Å². The first-order valence-corrected chi connectivity index (χ1v) is 10.4. The van der Waals surface area contributed by atoms with Crippen molar-refractivity contribution in [1.82, 2.24) is 9.80 Å². The van der Waals surface area contributed by atoms with Crippen molar-refractivity contribution in [3.63, 3.8) is 0 Å². The number of methoxy groups -OCH3 is 1. The topological polar surface area (TPSA) is 53.0 Å². The molecule has 0 unspecified atom stereocenters. The largest absolute Gasteiger partial charge is 0.497 e. The molecule has 5 heteroatoms. The standard InChI is InChI=1S/C24H32N2O3/c1-25(24(28)11-10-19-6-5-9-23(16-19)29-2)17-22(27)18-26-14-12-20-7-3-4-8-21(20)13-15-26/h3-9,16,22,27H,10-15,17-18H2,1-2H3/t22-/m0/s1. The van der Waals surface area contributed by atoms with Gasteiger partial charge in [0, 0.05) is 39.6 Å². The number of hydrogen-bond acceptors (Lipinski definition) is 4. The Morgan fingerprint density at radius 3 is 2.48 bits per heavy atom. The van der Waals surface area contributed by atoms with Crippen LogP contribution < -0.4 is 4.74 Å². The molecule has 3 rings (SSSR count). The van der Waals surface area contributed by atoms with Gasteiger partial charge in [-0.25, -0.2) is 0 Å². The van der Waals surface area contributed by atoms with E-state index < -0.39 is 6.10 Å². The summed E-state index contributed by atoms with van der Waals surface area (Å²) < 4.78 is 5.23. The fraction of sp³-hybridized carbons (Fsp3) is 0.458. The fourth-order valence-electron chi connectivity index (χ4n) is 3.94. The lowest BCUT2D eigenvalue weighted by molar-refractivity contribution is -0.131. The highest BCUT2D eigenvalue weighted by Crippen LogP contribution is 2.16. The monoisotopic (exact) mass is 396 g/mol. The molecule has 29 heavy (non-hydrogen) atoms. The van der Waals surface area contributed by atoms with E-state index in [0.717, 1.165) is 37.2 Å². The molecule has 0 saturated heterocycles. The predicted octanol–water partition coefficient (Wildman–Crippen LogP) is 2.55. The average molecular weight is 397 g/mol. The Bertz CT molecular complexity index is 781. The number of nitrogens with zero attached hydrogens (tertiary/aromatic N) is 2. The molecule has 0 spiro atoms. The number of aliphatic hydroxyl groups excluding tert-OH is 1. The molecule has 156 valence electrons. The highest BCUT2D eigenvalue weighted by molar-refractivity contribution is 5.76. The molecule has 1 atom stereocenters. The van der Waals surface area contributed by atoms with Crippen molar-refractivity contribution in [2.45, 2.75) is 31.8 Å². The minimum absolute atomic E-state index is 0.0511. The first kappa shape index (κ1) is 21.3. The third-order valence-electron chi connectivity index (χ3n) is 5.65. The van der Waals surface area contributed by atoms with Crippen LogP contribution in [0.3, 0.4) is 0 Å². The van der Waals surface area contributed by atoms with E-state index in [0.29, 0.717) is 25.9 Å². The number of rotatable bonds is 8. The molecular formula is C24H32N2O3. The molecule has 1 N–H and O–H groups in total. The van der Waals surface area contributed by atoms with Crippen LogP contribution in [-0.4, -0.2) is 67.3 Å². The zero-order valence-corrected chi connectivity index (χ0v) is 17.5. The second-order valence-corrected chi connectivity index (χ2v) is 7.85. The smallest absolute Gasteiger partial charge is 0.222 e. The fourth-order valence-corrected chi connectivity index (χ4v) is 3.94. The molecule has 1 aliphatic heterocycles. The van der Waals surface area contributed by atoms with Crippen LogP contribution in [0.5, 0.6) is 5.75 Å². The summed E-state index contributed by atoms with van der Waals surface area (Å²) in [7, 11) is 3.41. The molecule has 1 amide bonds. The summed E-state index contributed by atoms with van der Waals surface area (Å²) in [4.78, 5) is 16.4. The van der Waals surface area contributed by atoms with Crippen molar-refractivity contribution in [3.8, 4) is 5.75 Å². The molecule has 0 bridgehead atoms. The van der Waals surface area contributed by atoms with E-state index in [1.807, 2.05) is 24.3 Å². The van der Waals surface area contributed by atoms with Crippen LogP contribution in [0.4, 0.5) is 0 Å². The van der Waals surface area contributed by atoms with E-state index in [9.17, 15) is 9.90 Å². The lowest BCUT2D eigenvalue weighted by Gasteiger charge is -2.26. The Labute approximate surface area is 173 Å². The zero-order valence-electron chi connectivity index (χ0n) is 17.5. The molecule has 2 aromatic carbocycles. The van der Waals surface area contributed by atoms with Crippen LogP contribution in [0, 0.1) is 0 Å². The normalized spacial score (nSPS) is 15.3. The van der Waals surface area contributed by atoms with Crippen LogP contribution in [0.1, 0.15) is 23.1 Å². The van der Waals surface area contributed by atoms with Gasteiger partial charge in [-0.3, -0.25) is 4.79 Å². The first-order valence-electron chi connectivity index (χ1n) is 10.4. The van der Waals surface area contributed by atoms with Crippen LogP contribution in [0.15, 0.2) is 48.5 Å². The van der Waals surface area contributed by atoms with Crippen molar-refractivity contribution in [1.29, 1.82) is 0 Å². The third-order valence-corrected chi connectivity index (χ3v) is 5.65. The Morgan fingerprint density at radius 1 is 1.14 bits per heavy atom. The third kappa shape index (κ3) is 6.31. The van der Waals surface area contributed by atoms with E-state index in [2.05, 4.69) is 29.2 Å². The molecule has 0 aromatic heterocycles. The summed E-state index contributed by atoms with van der Waals surface area (Å²) in [6.07, 6.45) is 2.58. The van der Waals surface area contributed by atoms with E-state index >= 15 is 0 Å². The Morgan fingerprint density at radius 2 is 1.83 bits per heavy atom. The van der Waals surface area contributed by atoms with Crippen molar-refractivity contribution >= 4 is 5.91 Å². The maximum Gasteiger partial charge on any atom is 0.222 e. The number of ether oxygens (including phenoxy) is 1. The van der Waals surface area contributed by atoms with Gasteiger partial charge in [-0.1, -0.05) is 36.4 Å². The predicted molar refractivity (Wildman–Crippen MR) is 115 cm³/mol. The minimum Gasteiger partial charge on any atom is -0.497 e. The van der Waals surface area contributed by atoms with Crippen molar-refractivity contribution in [3.05, 3.63) is 65.2 Å². The van der Waals surface area contributed by atoms with Gasteiger partial charge in [0.1, 0.15) is 5.75 Å². The zero-order chi connectivity index (χ0) is 20.6. The molecular weight excluding hydrogens is 364 g/mol. The molecule has 1 heterocycles. The van der Waals surface area contributed by atoms with E-state index in [1.54, 1.807) is 19.1 Å². The van der Waals surface area contributed by atoms with Gasteiger partial charge in [0.25, 0.3) is 0 Å². The van der Waals surface area contributed by atoms with Crippen LogP contribution >= 0.6 is 0 Å². The van der Waals surface area contributed by atoms with Crippen LogP contribution in [0.25, 0.3) is 0 Å². The molecule has 0 fully saturated rings. The summed E-state index contributed by atoms with van der Waals surface area (Å²) in [6, 6.07) is 16.4.